The first kappa shape index (κ1) is 14.2. The number of hydrogen-bond acceptors (Lipinski definition) is 2. The van der Waals surface area contributed by atoms with Crippen molar-refractivity contribution in [2.24, 2.45) is 7.05 Å². The van der Waals surface area contributed by atoms with Crippen molar-refractivity contribution in [1.29, 1.82) is 0 Å². The van der Waals surface area contributed by atoms with Crippen molar-refractivity contribution in [3.63, 3.8) is 0 Å². The molecule has 3 nitrogen and oxygen atoms in total. The molecule has 0 saturated carbocycles. The summed E-state index contributed by atoms with van der Waals surface area (Å²) in [4.78, 5) is 0. The van der Waals surface area contributed by atoms with Gasteiger partial charge < -0.3 is 5.32 Å². The van der Waals surface area contributed by atoms with Crippen molar-refractivity contribution in [2.75, 3.05) is 5.32 Å². The van der Waals surface area contributed by atoms with E-state index in [1.807, 2.05) is 30.8 Å². The maximum atomic E-state index is 6.20. The van der Waals surface area contributed by atoms with Gasteiger partial charge >= 0.3 is 0 Å². The lowest BCUT2D eigenvalue weighted by Gasteiger charge is -2.10. The molecule has 0 fully saturated rings. The van der Waals surface area contributed by atoms with Crippen LogP contribution in [0.2, 0.25) is 10.0 Å². The number of nitrogens with one attached hydrogen (secondary N) is 1. The van der Waals surface area contributed by atoms with Gasteiger partial charge in [-0.1, -0.05) is 30.1 Å². The Morgan fingerprint density at radius 2 is 1.95 bits per heavy atom. The molecule has 0 bridgehead atoms. The third-order valence-corrected chi connectivity index (χ3v) is 3.82. The van der Waals surface area contributed by atoms with Gasteiger partial charge in [-0.15, -0.1) is 0 Å². The second kappa shape index (κ2) is 5.85. The van der Waals surface area contributed by atoms with Crippen molar-refractivity contribution in [3.8, 4) is 0 Å². The number of halogens is 2. The van der Waals surface area contributed by atoms with Gasteiger partial charge in [0.2, 0.25) is 0 Å². The van der Waals surface area contributed by atoms with Crippen LogP contribution in [0.4, 0.5) is 5.69 Å². The Hall–Kier alpha value is -1.19. The zero-order valence-corrected chi connectivity index (χ0v) is 12.8. The van der Waals surface area contributed by atoms with Crippen molar-refractivity contribution < 1.29 is 0 Å². The predicted molar refractivity (Wildman–Crippen MR) is 81.1 cm³/mol. The zero-order chi connectivity index (χ0) is 14.0. The quantitative estimate of drug-likeness (QED) is 0.916. The van der Waals surface area contributed by atoms with Gasteiger partial charge in [-0.25, -0.2) is 0 Å². The highest BCUT2D eigenvalue weighted by Gasteiger charge is 2.07. The molecule has 0 aliphatic heterocycles. The number of nitrogens with zero attached hydrogens (tertiary/aromatic N) is 2. The number of anilines is 1. The molecule has 2 rings (SSSR count). The standard InChI is InChI=1S/C14H17Cl2N3/c1-4-10-6-11(19(3)18-10)8-17-14-7-12(15)9(2)5-13(14)16/h5-7,17H,4,8H2,1-3H3. The summed E-state index contributed by atoms with van der Waals surface area (Å²) in [6.07, 6.45) is 0.935. The molecule has 0 saturated heterocycles. The maximum absolute atomic E-state index is 6.20. The van der Waals surface area contributed by atoms with Crippen LogP contribution in [0.3, 0.4) is 0 Å². The molecule has 0 spiro atoms. The third kappa shape index (κ3) is 3.23. The molecule has 1 aromatic heterocycles. The Morgan fingerprint density at radius 3 is 2.58 bits per heavy atom. The molecule has 102 valence electrons. The molecular weight excluding hydrogens is 281 g/mol. The third-order valence-electron chi connectivity index (χ3n) is 3.10. The molecule has 19 heavy (non-hydrogen) atoms. The number of hydrogen-bond donors (Lipinski definition) is 1. The zero-order valence-electron chi connectivity index (χ0n) is 11.3. The lowest BCUT2D eigenvalue weighted by atomic mass is 10.2. The van der Waals surface area contributed by atoms with Crippen molar-refractivity contribution in [3.05, 3.63) is 45.2 Å². The Balaban J connectivity index is 2.14. The van der Waals surface area contributed by atoms with Crippen LogP contribution in [-0.2, 0) is 20.0 Å². The van der Waals surface area contributed by atoms with Gasteiger partial charge in [0.05, 0.1) is 28.6 Å². The van der Waals surface area contributed by atoms with Gasteiger partial charge in [0.1, 0.15) is 0 Å². The Kier molecular flexibility index (Phi) is 4.38. The minimum Gasteiger partial charge on any atom is -0.378 e. The largest absolute Gasteiger partial charge is 0.378 e. The van der Waals surface area contributed by atoms with Crippen LogP contribution in [0.1, 0.15) is 23.9 Å². The Bertz CT molecular complexity index is 591. The molecule has 1 aromatic carbocycles. The maximum Gasteiger partial charge on any atom is 0.0641 e. The molecule has 1 heterocycles. The molecule has 0 atom stereocenters. The first-order chi connectivity index (χ1) is 9.01. The minimum absolute atomic E-state index is 0.669. The lowest BCUT2D eigenvalue weighted by Crippen LogP contribution is -2.05. The number of aromatic nitrogens is 2. The summed E-state index contributed by atoms with van der Waals surface area (Å²) in [6, 6.07) is 5.82. The van der Waals surface area contributed by atoms with Gasteiger partial charge in [-0.3, -0.25) is 4.68 Å². The molecular formula is C14H17Cl2N3. The SMILES string of the molecule is CCc1cc(CNc2cc(Cl)c(C)cc2Cl)n(C)n1. The number of rotatable bonds is 4. The van der Waals surface area contributed by atoms with E-state index in [1.54, 1.807) is 0 Å². The summed E-state index contributed by atoms with van der Waals surface area (Å²) in [7, 11) is 1.94. The van der Waals surface area contributed by atoms with Crippen LogP contribution >= 0.6 is 23.2 Å². The minimum atomic E-state index is 0.669. The fourth-order valence-corrected chi connectivity index (χ4v) is 2.33. The molecule has 5 heteroatoms. The van der Waals surface area contributed by atoms with Gasteiger partial charge in [-0.2, -0.15) is 5.10 Å². The average Bonchev–Trinajstić information content (AvgIpc) is 2.73. The second-order valence-electron chi connectivity index (χ2n) is 4.54. The van der Waals surface area contributed by atoms with E-state index in [0.29, 0.717) is 16.6 Å². The van der Waals surface area contributed by atoms with E-state index < -0.39 is 0 Å². The van der Waals surface area contributed by atoms with Gasteiger partial charge in [-0.05, 0) is 37.1 Å². The van der Waals surface area contributed by atoms with Crippen LogP contribution in [0.5, 0.6) is 0 Å². The highest BCUT2D eigenvalue weighted by Crippen LogP contribution is 2.29. The van der Waals surface area contributed by atoms with E-state index in [1.165, 1.54) is 0 Å². The smallest absolute Gasteiger partial charge is 0.0641 e. The molecule has 0 amide bonds. The molecule has 2 aromatic rings. The van der Waals surface area contributed by atoms with E-state index in [-0.39, 0.29) is 0 Å². The summed E-state index contributed by atoms with van der Waals surface area (Å²) in [6.45, 7) is 4.70. The normalized spacial score (nSPS) is 10.8. The second-order valence-corrected chi connectivity index (χ2v) is 5.35. The van der Waals surface area contributed by atoms with E-state index >= 15 is 0 Å². The van der Waals surface area contributed by atoms with E-state index in [0.717, 1.165) is 29.1 Å². The fraction of sp³-hybridized carbons (Fsp3) is 0.357. The number of benzene rings is 1. The summed E-state index contributed by atoms with van der Waals surface area (Å²) in [5, 5.41) is 9.11. The highest BCUT2D eigenvalue weighted by atomic mass is 35.5. The molecule has 0 radical (unpaired) electrons. The van der Waals surface area contributed by atoms with Crippen LogP contribution in [-0.4, -0.2) is 9.78 Å². The van der Waals surface area contributed by atoms with Gasteiger partial charge in [0.25, 0.3) is 0 Å². The van der Waals surface area contributed by atoms with Crippen LogP contribution in [0.15, 0.2) is 18.2 Å². The van der Waals surface area contributed by atoms with Crippen LogP contribution in [0.25, 0.3) is 0 Å². The number of aryl methyl sites for hydroxylation is 3. The highest BCUT2D eigenvalue weighted by molar-refractivity contribution is 6.35. The Labute approximate surface area is 123 Å². The summed E-state index contributed by atoms with van der Waals surface area (Å²) in [5.74, 6) is 0. The van der Waals surface area contributed by atoms with Crippen LogP contribution < -0.4 is 5.32 Å². The van der Waals surface area contributed by atoms with E-state index in [9.17, 15) is 0 Å². The van der Waals surface area contributed by atoms with Crippen LogP contribution in [0, 0.1) is 6.92 Å². The molecule has 0 unspecified atom stereocenters. The summed E-state index contributed by atoms with van der Waals surface area (Å²) >= 11 is 12.3. The molecule has 1 N–H and O–H groups in total. The van der Waals surface area contributed by atoms with Gasteiger partial charge in [0, 0.05) is 12.1 Å². The van der Waals surface area contributed by atoms with Crippen molar-refractivity contribution >= 4 is 28.9 Å². The first-order valence-corrected chi connectivity index (χ1v) is 6.98. The molecule has 0 aliphatic rings. The first-order valence-electron chi connectivity index (χ1n) is 6.22. The average molecular weight is 298 g/mol. The van der Waals surface area contributed by atoms with Crippen molar-refractivity contribution in [2.45, 2.75) is 26.8 Å². The molecule has 0 aliphatic carbocycles. The fourth-order valence-electron chi connectivity index (χ4n) is 1.88. The topological polar surface area (TPSA) is 29.9 Å². The lowest BCUT2D eigenvalue weighted by molar-refractivity contribution is 0.707. The summed E-state index contributed by atoms with van der Waals surface area (Å²) < 4.78 is 1.88. The predicted octanol–water partition coefficient (Wildman–Crippen LogP) is 4.21. The van der Waals surface area contributed by atoms with E-state index in [2.05, 4.69) is 23.4 Å². The Morgan fingerprint density at radius 1 is 1.21 bits per heavy atom. The van der Waals surface area contributed by atoms with E-state index in [4.69, 9.17) is 23.2 Å². The summed E-state index contributed by atoms with van der Waals surface area (Å²) in [5.41, 5.74) is 4.03. The monoisotopic (exact) mass is 297 g/mol. The van der Waals surface area contributed by atoms with Gasteiger partial charge in [0.15, 0.2) is 0 Å². The van der Waals surface area contributed by atoms with Crippen molar-refractivity contribution in [1.82, 2.24) is 9.78 Å².